The number of imide groups is 1. The van der Waals surface area contributed by atoms with E-state index >= 15 is 0 Å². The third-order valence-electron chi connectivity index (χ3n) is 5.92. The smallest absolute Gasteiger partial charge is 0.335 e. The molecule has 0 bridgehead atoms. The number of aromatic carboxylic acids is 1. The number of nitro groups is 1. The molecular weight excluding hydrogens is 442 g/mol. The molecule has 2 saturated heterocycles. The molecule has 170 valence electrons. The maximum atomic E-state index is 13.5. The molecule has 2 aliphatic rings. The van der Waals surface area contributed by atoms with Crippen molar-refractivity contribution in [1.29, 1.82) is 0 Å². The van der Waals surface area contributed by atoms with Crippen molar-refractivity contribution in [1.82, 2.24) is 0 Å². The van der Waals surface area contributed by atoms with Crippen LogP contribution in [0.5, 0.6) is 0 Å². The molecule has 0 unspecified atom stereocenters. The van der Waals surface area contributed by atoms with Crippen LogP contribution >= 0.6 is 0 Å². The summed E-state index contributed by atoms with van der Waals surface area (Å²) in [6.45, 7) is 0. The summed E-state index contributed by atoms with van der Waals surface area (Å²) < 4.78 is 0. The second kappa shape index (κ2) is 8.09. The number of benzene rings is 3. The predicted molar refractivity (Wildman–Crippen MR) is 119 cm³/mol. The van der Waals surface area contributed by atoms with Crippen LogP contribution in [0.3, 0.4) is 0 Å². The number of para-hydroxylation sites is 1. The number of carbonyl (C=O) groups is 3. The van der Waals surface area contributed by atoms with Gasteiger partial charge in [0, 0.05) is 12.1 Å². The highest BCUT2D eigenvalue weighted by Gasteiger charge is 2.60. The molecule has 10 nitrogen and oxygen atoms in total. The van der Waals surface area contributed by atoms with Gasteiger partial charge in [0.15, 0.2) is 6.10 Å². The van der Waals surface area contributed by atoms with Gasteiger partial charge in [0.05, 0.1) is 27.9 Å². The van der Waals surface area contributed by atoms with E-state index in [9.17, 15) is 24.5 Å². The Labute approximate surface area is 192 Å². The molecule has 5 rings (SSSR count). The second-order valence-corrected chi connectivity index (χ2v) is 7.87. The number of amides is 2. The normalized spacial score (nSPS) is 21.6. The number of carbonyl (C=O) groups excluding carboxylic acids is 2. The van der Waals surface area contributed by atoms with E-state index in [0.29, 0.717) is 11.3 Å². The average Bonchev–Trinajstić information content (AvgIpc) is 3.35. The van der Waals surface area contributed by atoms with Crippen molar-refractivity contribution in [3.05, 3.63) is 100 Å². The quantitative estimate of drug-likeness (QED) is 0.349. The Morgan fingerprint density at radius 3 is 2.26 bits per heavy atom. The molecule has 2 amide bonds. The largest absolute Gasteiger partial charge is 0.478 e. The SMILES string of the molecule is O=C(O)c1ccc(N2C(=O)[C@@H]3[C@@H](c4cccc([N+](=O)[O-])c4)N(c4ccccc4)O[C@H]3C2=O)cc1. The van der Waals surface area contributed by atoms with Crippen LogP contribution in [-0.2, 0) is 14.4 Å². The van der Waals surface area contributed by atoms with E-state index in [4.69, 9.17) is 9.94 Å². The van der Waals surface area contributed by atoms with E-state index in [1.807, 2.05) is 6.07 Å². The van der Waals surface area contributed by atoms with Gasteiger partial charge >= 0.3 is 5.97 Å². The Bertz CT molecular complexity index is 1310. The number of rotatable bonds is 5. The zero-order chi connectivity index (χ0) is 24.0. The molecule has 0 saturated carbocycles. The van der Waals surface area contributed by atoms with Crippen molar-refractivity contribution in [2.75, 3.05) is 9.96 Å². The molecule has 0 spiro atoms. The average molecular weight is 459 g/mol. The minimum Gasteiger partial charge on any atom is -0.478 e. The molecule has 2 heterocycles. The number of hydrogen-bond donors (Lipinski definition) is 1. The topological polar surface area (TPSA) is 130 Å². The van der Waals surface area contributed by atoms with E-state index in [2.05, 4.69) is 0 Å². The van der Waals surface area contributed by atoms with Gasteiger partial charge in [0.2, 0.25) is 5.91 Å². The first kappa shape index (κ1) is 21.3. The van der Waals surface area contributed by atoms with Crippen molar-refractivity contribution in [2.24, 2.45) is 5.92 Å². The van der Waals surface area contributed by atoms with E-state index in [0.717, 1.165) is 4.90 Å². The van der Waals surface area contributed by atoms with E-state index in [1.165, 1.54) is 47.5 Å². The van der Waals surface area contributed by atoms with Crippen LogP contribution in [0.25, 0.3) is 0 Å². The molecule has 3 atom stereocenters. The first-order chi connectivity index (χ1) is 16.4. The standard InChI is InChI=1S/C24H17N3O7/c28-22-19-20(15-5-4-8-18(13-15)27(32)33)26(17-6-2-1-3-7-17)34-21(19)23(29)25(22)16-11-9-14(10-12-16)24(30)31/h1-13,19-21H,(H,30,31)/t19-,20-,21-/m1/s1. The Morgan fingerprint density at radius 2 is 1.62 bits per heavy atom. The summed E-state index contributed by atoms with van der Waals surface area (Å²) in [5.41, 5.74) is 1.14. The van der Waals surface area contributed by atoms with Crippen molar-refractivity contribution < 1.29 is 29.3 Å². The Morgan fingerprint density at radius 1 is 0.912 bits per heavy atom. The summed E-state index contributed by atoms with van der Waals surface area (Å²) in [6, 6.07) is 19.3. The molecule has 10 heteroatoms. The van der Waals surface area contributed by atoms with Gasteiger partial charge in [-0.2, -0.15) is 0 Å². The molecule has 0 radical (unpaired) electrons. The molecule has 3 aromatic carbocycles. The molecule has 0 aromatic heterocycles. The van der Waals surface area contributed by atoms with E-state index < -0.39 is 40.8 Å². The summed E-state index contributed by atoms with van der Waals surface area (Å²) in [5.74, 6) is -3.22. The van der Waals surface area contributed by atoms with Gasteiger partial charge in [-0.05, 0) is 42.0 Å². The number of hydroxylamine groups is 1. The summed E-state index contributed by atoms with van der Waals surface area (Å²) in [7, 11) is 0. The second-order valence-electron chi connectivity index (χ2n) is 7.87. The van der Waals surface area contributed by atoms with Crippen LogP contribution in [0.2, 0.25) is 0 Å². The zero-order valence-corrected chi connectivity index (χ0v) is 17.5. The fourth-order valence-corrected chi connectivity index (χ4v) is 4.38. The third kappa shape index (κ3) is 3.37. The van der Waals surface area contributed by atoms with Crippen molar-refractivity contribution in [3.63, 3.8) is 0 Å². The van der Waals surface area contributed by atoms with Crippen LogP contribution in [0.15, 0.2) is 78.9 Å². The lowest BCUT2D eigenvalue weighted by molar-refractivity contribution is -0.384. The Balaban J connectivity index is 1.57. The number of non-ortho nitro benzene ring substituents is 1. The van der Waals surface area contributed by atoms with Crippen molar-refractivity contribution in [2.45, 2.75) is 12.1 Å². The minimum absolute atomic E-state index is 0.0176. The van der Waals surface area contributed by atoms with Gasteiger partial charge < -0.3 is 5.11 Å². The number of carboxylic acid groups (broad SMARTS) is 1. The molecule has 3 aromatic rings. The monoisotopic (exact) mass is 459 g/mol. The minimum atomic E-state index is -1.14. The number of anilines is 2. The molecule has 2 fully saturated rings. The van der Waals surface area contributed by atoms with Gasteiger partial charge in [-0.1, -0.05) is 30.3 Å². The zero-order valence-electron chi connectivity index (χ0n) is 17.5. The predicted octanol–water partition coefficient (Wildman–Crippen LogP) is 3.34. The molecule has 1 N–H and O–H groups in total. The number of nitrogens with zero attached hydrogens (tertiary/aromatic N) is 3. The molecular formula is C24H17N3O7. The number of hydrogen-bond acceptors (Lipinski definition) is 7. The summed E-state index contributed by atoms with van der Waals surface area (Å²) >= 11 is 0. The van der Waals surface area contributed by atoms with Crippen LogP contribution in [0.1, 0.15) is 22.0 Å². The van der Waals surface area contributed by atoms with E-state index in [1.54, 1.807) is 30.3 Å². The molecule has 0 aliphatic carbocycles. The van der Waals surface area contributed by atoms with Crippen LogP contribution in [-0.4, -0.2) is 33.9 Å². The van der Waals surface area contributed by atoms with Gasteiger partial charge in [-0.25, -0.2) is 14.8 Å². The number of fused-ring (bicyclic) bond motifs is 1. The highest BCUT2D eigenvalue weighted by Crippen LogP contribution is 2.47. The fourth-order valence-electron chi connectivity index (χ4n) is 4.38. The molecule has 2 aliphatic heterocycles. The summed E-state index contributed by atoms with van der Waals surface area (Å²) in [6.07, 6.45) is -1.14. The van der Waals surface area contributed by atoms with Crippen LogP contribution in [0.4, 0.5) is 17.1 Å². The highest BCUT2D eigenvalue weighted by atomic mass is 16.7. The highest BCUT2D eigenvalue weighted by molar-refractivity contribution is 6.24. The van der Waals surface area contributed by atoms with Crippen molar-refractivity contribution in [3.8, 4) is 0 Å². The van der Waals surface area contributed by atoms with Crippen LogP contribution in [0, 0.1) is 16.0 Å². The molecule has 34 heavy (non-hydrogen) atoms. The maximum Gasteiger partial charge on any atom is 0.335 e. The lowest BCUT2D eigenvalue weighted by Crippen LogP contribution is -2.37. The summed E-state index contributed by atoms with van der Waals surface area (Å²) in [5, 5.41) is 21.9. The van der Waals surface area contributed by atoms with Gasteiger partial charge in [0.25, 0.3) is 11.6 Å². The summed E-state index contributed by atoms with van der Waals surface area (Å²) in [4.78, 5) is 55.8. The number of nitro benzene ring substituents is 1. The lowest BCUT2D eigenvalue weighted by Gasteiger charge is -2.28. The number of carboxylic acids is 1. The van der Waals surface area contributed by atoms with E-state index in [-0.39, 0.29) is 16.9 Å². The van der Waals surface area contributed by atoms with Gasteiger partial charge in [0.1, 0.15) is 5.92 Å². The lowest BCUT2D eigenvalue weighted by atomic mass is 9.90. The van der Waals surface area contributed by atoms with Crippen LogP contribution < -0.4 is 9.96 Å². The van der Waals surface area contributed by atoms with Gasteiger partial charge in [-0.15, -0.1) is 0 Å². The first-order valence-corrected chi connectivity index (χ1v) is 10.3. The van der Waals surface area contributed by atoms with Crippen molar-refractivity contribution >= 4 is 34.8 Å². The third-order valence-corrected chi connectivity index (χ3v) is 5.92. The first-order valence-electron chi connectivity index (χ1n) is 10.3. The Hall–Kier alpha value is -4.57. The van der Waals surface area contributed by atoms with Gasteiger partial charge in [-0.3, -0.25) is 24.5 Å². The Kier molecular flexibility index (Phi) is 5.06. The maximum absolute atomic E-state index is 13.5. The fraction of sp³-hybridized carbons (Fsp3) is 0.125.